The average Bonchev–Trinajstić information content (AvgIpc) is 2.57. The highest BCUT2D eigenvalue weighted by Crippen LogP contribution is 2.30. The molecule has 0 saturated carbocycles. The van der Waals surface area contributed by atoms with Gasteiger partial charge in [0.2, 0.25) is 15.9 Å². The van der Waals surface area contributed by atoms with Gasteiger partial charge in [0, 0.05) is 4.90 Å². The molecule has 0 spiro atoms. The SMILES string of the molecule is CSc1ccccc1NC(=O)[C@H](C)N(c1ccc(Cl)c(Cl)c1)S(C)(=O)=O. The van der Waals surface area contributed by atoms with Gasteiger partial charge in [0.1, 0.15) is 6.04 Å². The van der Waals surface area contributed by atoms with E-state index in [1.165, 1.54) is 36.9 Å². The molecule has 0 aromatic heterocycles. The minimum Gasteiger partial charge on any atom is -0.323 e. The van der Waals surface area contributed by atoms with Crippen molar-refractivity contribution in [2.45, 2.75) is 17.9 Å². The maximum absolute atomic E-state index is 12.7. The van der Waals surface area contributed by atoms with Crippen molar-refractivity contribution in [3.8, 4) is 0 Å². The van der Waals surface area contributed by atoms with Crippen LogP contribution in [0.25, 0.3) is 0 Å². The fraction of sp³-hybridized carbons (Fsp3) is 0.235. The van der Waals surface area contributed by atoms with E-state index in [2.05, 4.69) is 5.32 Å². The van der Waals surface area contributed by atoms with Gasteiger partial charge in [0.05, 0.1) is 27.7 Å². The second kappa shape index (κ2) is 8.52. The molecule has 2 rings (SSSR count). The van der Waals surface area contributed by atoms with Crippen LogP contribution in [0, 0.1) is 0 Å². The first kappa shape index (κ1) is 20.9. The number of thioether (sulfide) groups is 1. The summed E-state index contributed by atoms with van der Waals surface area (Å²) in [5, 5.41) is 3.29. The second-order valence-electron chi connectivity index (χ2n) is 5.52. The summed E-state index contributed by atoms with van der Waals surface area (Å²) in [6.45, 7) is 1.51. The van der Waals surface area contributed by atoms with Crippen LogP contribution in [0.5, 0.6) is 0 Å². The van der Waals surface area contributed by atoms with E-state index >= 15 is 0 Å². The average molecular weight is 433 g/mol. The first-order chi connectivity index (χ1) is 12.1. The molecule has 2 aromatic rings. The lowest BCUT2D eigenvalue weighted by Crippen LogP contribution is -2.45. The Morgan fingerprint density at radius 3 is 2.38 bits per heavy atom. The summed E-state index contributed by atoms with van der Waals surface area (Å²) in [7, 11) is -3.73. The van der Waals surface area contributed by atoms with Crippen molar-refractivity contribution in [2.75, 3.05) is 22.1 Å². The summed E-state index contributed by atoms with van der Waals surface area (Å²) >= 11 is 13.4. The quantitative estimate of drug-likeness (QED) is 0.681. The van der Waals surface area contributed by atoms with E-state index in [0.29, 0.717) is 10.7 Å². The summed E-state index contributed by atoms with van der Waals surface area (Å²) in [4.78, 5) is 13.6. The van der Waals surface area contributed by atoms with Crippen LogP contribution in [0.3, 0.4) is 0 Å². The minimum absolute atomic E-state index is 0.207. The molecule has 0 radical (unpaired) electrons. The number of nitrogens with zero attached hydrogens (tertiary/aromatic N) is 1. The van der Waals surface area contributed by atoms with Gasteiger partial charge in [-0.25, -0.2) is 8.42 Å². The molecule has 1 N–H and O–H groups in total. The van der Waals surface area contributed by atoms with Crippen LogP contribution in [0.4, 0.5) is 11.4 Å². The number of hydrogen-bond donors (Lipinski definition) is 1. The Kier molecular flexibility index (Phi) is 6.85. The molecule has 0 unspecified atom stereocenters. The Balaban J connectivity index is 2.36. The van der Waals surface area contributed by atoms with Gasteiger partial charge >= 0.3 is 0 Å². The van der Waals surface area contributed by atoms with Crippen molar-refractivity contribution in [1.82, 2.24) is 0 Å². The maximum atomic E-state index is 12.7. The van der Waals surface area contributed by atoms with E-state index in [9.17, 15) is 13.2 Å². The van der Waals surface area contributed by atoms with Crippen LogP contribution in [0.15, 0.2) is 47.4 Å². The number of carbonyl (C=O) groups is 1. The number of anilines is 2. The summed E-state index contributed by atoms with van der Waals surface area (Å²) in [6.07, 6.45) is 2.93. The molecule has 0 aliphatic carbocycles. The van der Waals surface area contributed by atoms with Crippen LogP contribution in [-0.2, 0) is 14.8 Å². The van der Waals surface area contributed by atoms with E-state index in [1.807, 2.05) is 18.4 Å². The predicted molar refractivity (Wildman–Crippen MR) is 110 cm³/mol. The van der Waals surface area contributed by atoms with Gasteiger partial charge in [-0.3, -0.25) is 9.10 Å². The van der Waals surface area contributed by atoms with Crippen molar-refractivity contribution >= 4 is 62.3 Å². The molecule has 0 bridgehead atoms. The van der Waals surface area contributed by atoms with Crippen molar-refractivity contribution in [1.29, 1.82) is 0 Å². The number of halogens is 2. The van der Waals surface area contributed by atoms with Crippen molar-refractivity contribution in [3.63, 3.8) is 0 Å². The molecular formula is C17H18Cl2N2O3S2. The Bertz CT molecular complexity index is 920. The number of carbonyl (C=O) groups excluding carboxylic acids is 1. The fourth-order valence-electron chi connectivity index (χ4n) is 2.42. The van der Waals surface area contributed by atoms with Crippen molar-refractivity contribution in [2.24, 2.45) is 0 Å². The van der Waals surface area contributed by atoms with E-state index in [0.717, 1.165) is 15.5 Å². The maximum Gasteiger partial charge on any atom is 0.248 e. The number of para-hydroxylation sites is 1. The lowest BCUT2D eigenvalue weighted by atomic mass is 10.2. The normalized spacial score (nSPS) is 12.5. The van der Waals surface area contributed by atoms with E-state index in [4.69, 9.17) is 23.2 Å². The molecule has 1 atom stereocenters. The number of nitrogens with one attached hydrogen (secondary N) is 1. The number of sulfonamides is 1. The highest BCUT2D eigenvalue weighted by Gasteiger charge is 2.29. The zero-order chi connectivity index (χ0) is 19.5. The molecule has 0 fully saturated rings. The largest absolute Gasteiger partial charge is 0.323 e. The third-order valence-electron chi connectivity index (χ3n) is 3.61. The summed E-state index contributed by atoms with van der Waals surface area (Å²) in [5.74, 6) is -0.456. The van der Waals surface area contributed by atoms with Crippen molar-refractivity contribution < 1.29 is 13.2 Å². The van der Waals surface area contributed by atoms with Crippen LogP contribution >= 0.6 is 35.0 Å². The molecule has 1 amide bonds. The molecule has 0 aliphatic heterocycles. The van der Waals surface area contributed by atoms with Gasteiger partial charge in [-0.2, -0.15) is 0 Å². The van der Waals surface area contributed by atoms with Gasteiger partial charge in [0.25, 0.3) is 0 Å². The first-order valence-electron chi connectivity index (χ1n) is 7.53. The molecule has 2 aromatic carbocycles. The monoisotopic (exact) mass is 432 g/mol. The van der Waals surface area contributed by atoms with Crippen LogP contribution < -0.4 is 9.62 Å². The summed E-state index contributed by atoms with van der Waals surface area (Å²) < 4.78 is 25.7. The third-order valence-corrected chi connectivity index (χ3v) is 6.39. The Labute approximate surface area is 167 Å². The fourth-order valence-corrected chi connectivity index (χ4v) is 4.43. The van der Waals surface area contributed by atoms with Gasteiger partial charge in [-0.1, -0.05) is 35.3 Å². The van der Waals surface area contributed by atoms with Crippen LogP contribution in [0.2, 0.25) is 10.0 Å². The zero-order valence-electron chi connectivity index (χ0n) is 14.4. The third kappa shape index (κ3) is 4.85. The molecular weight excluding hydrogens is 415 g/mol. The Morgan fingerprint density at radius 1 is 1.15 bits per heavy atom. The standard InChI is InChI=1S/C17H18Cl2N2O3S2/c1-11(17(22)20-15-6-4-5-7-16(15)25-2)21(26(3,23)24)12-8-9-13(18)14(19)10-12/h4-11H,1-3H3,(H,20,22)/t11-/m0/s1. The first-order valence-corrected chi connectivity index (χ1v) is 11.4. The number of rotatable bonds is 6. The summed E-state index contributed by atoms with van der Waals surface area (Å²) in [6, 6.07) is 10.7. The topological polar surface area (TPSA) is 66.5 Å². The van der Waals surface area contributed by atoms with E-state index in [1.54, 1.807) is 12.1 Å². The lowest BCUT2D eigenvalue weighted by Gasteiger charge is -2.28. The Hall–Kier alpha value is -1.41. The van der Waals surface area contributed by atoms with Gasteiger partial charge < -0.3 is 5.32 Å². The molecule has 9 heteroatoms. The zero-order valence-corrected chi connectivity index (χ0v) is 17.5. The molecule has 26 heavy (non-hydrogen) atoms. The van der Waals surface area contributed by atoms with E-state index < -0.39 is 22.0 Å². The molecule has 0 heterocycles. The van der Waals surface area contributed by atoms with Crippen LogP contribution in [-0.4, -0.2) is 32.9 Å². The van der Waals surface area contributed by atoms with E-state index in [-0.39, 0.29) is 10.7 Å². The predicted octanol–water partition coefficient (Wildman–Crippen LogP) is 4.51. The Morgan fingerprint density at radius 2 is 1.81 bits per heavy atom. The molecule has 0 saturated heterocycles. The highest BCUT2D eigenvalue weighted by atomic mass is 35.5. The van der Waals surface area contributed by atoms with Gasteiger partial charge in [-0.05, 0) is 43.5 Å². The molecule has 0 aliphatic rings. The summed E-state index contributed by atoms with van der Waals surface area (Å²) in [5.41, 5.74) is 0.891. The van der Waals surface area contributed by atoms with Crippen molar-refractivity contribution in [3.05, 3.63) is 52.5 Å². The molecule has 5 nitrogen and oxygen atoms in total. The second-order valence-corrected chi connectivity index (χ2v) is 9.04. The number of amides is 1. The minimum atomic E-state index is -3.73. The van der Waals surface area contributed by atoms with Gasteiger partial charge in [0.15, 0.2) is 0 Å². The van der Waals surface area contributed by atoms with Crippen LogP contribution in [0.1, 0.15) is 6.92 Å². The lowest BCUT2D eigenvalue weighted by molar-refractivity contribution is -0.116. The van der Waals surface area contributed by atoms with Gasteiger partial charge in [-0.15, -0.1) is 11.8 Å². The molecule has 140 valence electrons. The highest BCUT2D eigenvalue weighted by molar-refractivity contribution is 7.98. The number of hydrogen-bond acceptors (Lipinski definition) is 4. The smallest absolute Gasteiger partial charge is 0.248 e. The number of benzene rings is 2.